The first-order chi connectivity index (χ1) is 10.7. The number of hydrogen-bond acceptors (Lipinski definition) is 5. The Bertz CT molecular complexity index is 764. The quantitative estimate of drug-likeness (QED) is 0.908. The monoisotopic (exact) mass is 296 g/mol. The number of piperidine rings is 1. The Morgan fingerprint density at radius 2 is 2.41 bits per heavy atom. The standard InChI is InChI=1S/C16H16N4O2/c17-5-11-9-22-15-6-18-14(4-13(11)15)16(21)19-12-3-10-1-2-20(7-10)8-12/h4,6,9-10,12H,1-3,7-8H2,(H,19,21)/t10-,12+/m0/s1. The molecule has 0 spiro atoms. The summed E-state index contributed by atoms with van der Waals surface area (Å²) in [6.45, 7) is 3.22. The number of nitrogens with zero attached hydrogens (tertiary/aromatic N) is 3. The Balaban J connectivity index is 1.54. The van der Waals surface area contributed by atoms with Crippen LogP contribution in [-0.4, -0.2) is 41.5 Å². The Labute approximate surface area is 127 Å². The van der Waals surface area contributed by atoms with Crippen molar-refractivity contribution in [2.24, 2.45) is 5.92 Å². The van der Waals surface area contributed by atoms with E-state index in [0.29, 0.717) is 28.1 Å². The van der Waals surface area contributed by atoms with Gasteiger partial charge in [-0.2, -0.15) is 5.26 Å². The van der Waals surface area contributed by atoms with Gasteiger partial charge in [0.1, 0.15) is 18.0 Å². The van der Waals surface area contributed by atoms with E-state index in [2.05, 4.69) is 21.3 Å². The predicted molar refractivity (Wildman–Crippen MR) is 79.1 cm³/mol. The van der Waals surface area contributed by atoms with E-state index in [-0.39, 0.29) is 11.9 Å². The number of nitriles is 1. The minimum Gasteiger partial charge on any atom is -0.461 e. The molecular formula is C16H16N4O2. The molecule has 0 aromatic carbocycles. The van der Waals surface area contributed by atoms with Crippen molar-refractivity contribution in [3.05, 3.63) is 29.8 Å². The number of carbonyl (C=O) groups is 1. The lowest BCUT2D eigenvalue weighted by atomic mass is 9.97. The van der Waals surface area contributed by atoms with Crippen molar-refractivity contribution in [1.82, 2.24) is 15.2 Å². The van der Waals surface area contributed by atoms with Crippen molar-refractivity contribution in [1.29, 1.82) is 5.26 Å². The summed E-state index contributed by atoms with van der Waals surface area (Å²) in [6.07, 6.45) is 5.16. The summed E-state index contributed by atoms with van der Waals surface area (Å²) in [5.41, 5.74) is 1.28. The zero-order valence-corrected chi connectivity index (χ0v) is 12.1. The second-order valence-electron chi connectivity index (χ2n) is 6.15. The van der Waals surface area contributed by atoms with Crippen LogP contribution in [0.2, 0.25) is 0 Å². The summed E-state index contributed by atoms with van der Waals surface area (Å²) in [7, 11) is 0. The Morgan fingerprint density at radius 1 is 1.50 bits per heavy atom. The van der Waals surface area contributed by atoms with Gasteiger partial charge in [0.15, 0.2) is 5.58 Å². The van der Waals surface area contributed by atoms with Crippen molar-refractivity contribution < 1.29 is 9.21 Å². The highest BCUT2D eigenvalue weighted by atomic mass is 16.3. The van der Waals surface area contributed by atoms with Gasteiger partial charge in [-0.1, -0.05) is 0 Å². The highest BCUT2D eigenvalue weighted by molar-refractivity contribution is 5.96. The molecular weight excluding hydrogens is 280 g/mol. The predicted octanol–water partition coefficient (Wildman–Crippen LogP) is 1.52. The normalized spacial score (nSPS) is 26.8. The summed E-state index contributed by atoms with van der Waals surface area (Å²) in [6, 6.07) is 3.87. The fourth-order valence-electron chi connectivity index (χ4n) is 3.57. The maximum absolute atomic E-state index is 12.4. The van der Waals surface area contributed by atoms with Gasteiger partial charge in [0, 0.05) is 24.5 Å². The molecule has 6 heteroatoms. The molecule has 6 nitrogen and oxygen atoms in total. The summed E-state index contributed by atoms with van der Waals surface area (Å²) >= 11 is 0. The zero-order chi connectivity index (χ0) is 15.1. The third-order valence-electron chi connectivity index (χ3n) is 4.62. The lowest BCUT2D eigenvalue weighted by molar-refractivity contribution is 0.0904. The van der Waals surface area contributed by atoms with Gasteiger partial charge < -0.3 is 14.6 Å². The van der Waals surface area contributed by atoms with Crippen molar-refractivity contribution in [3.8, 4) is 6.07 Å². The van der Waals surface area contributed by atoms with Crippen molar-refractivity contribution in [2.75, 3.05) is 19.6 Å². The highest BCUT2D eigenvalue weighted by Crippen LogP contribution is 2.27. The molecule has 0 radical (unpaired) electrons. The van der Waals surface area contributed by atoms with E-state index in [4.69, 9.17) is 9.68 Å². The number of amides is 1. The van der Waals surface area contributed by atoms with Gasteiger partial charge in [-0.25, -0.2) is 4.98 Å². The average Bonchev–Trinajstić information content (AvgIpc) is 3.09. The summed E-state index contributed by atoms with van der Waals surface area (Å²) in [5.74, 6) is 0.521. The van der Waals surface area contributed by atoms with Crippen LogP contribution >= 0.6 is 0 Å². The third-order valence-corrected chi connectivity index (χ3v) is 4.62. The topological polar surface area (TPSA) is 82.2 Å². The lowest BCUT2D eigenvalue weighted by Crippen LogP contribution is -2.47. The molecule has 2 bridgehead atoms. The Hall–Kier alpha value is -2.39. The minimum absolute atomic E-state index is 0.181. The van der Waals surface area contributed by atoms with E-state index in [1.54, 1.807) is 6.07 Å². The fraction of sp³-hybridized carbons (Fsp3) is 0.438. The van der Waals surface area contributed by atoms with Crippen LogP contribution in [0.3, 0.4) is 0 Å². The van der Waals surface area contributed by atoms with Gasteiger partial charge >= 0.3 is 0 Å². The van der Waals surface area contributed by atoms with Gasteiger partial charge in [-0.15, -0.1) is 0 Å². The fourth-order valence-corrected chi connectivity index (χ4v) is 3.57. The van der Waals surface area contributed by atoms with Crippen LogP contribution in [0.1, 0.15) is 28.9 Å². The van der Waals surface area contributed by atoms with Crippen LogP contribution in [0.25, 0.3) is 11.0 Å². The summed E-state index contributed by atoms with van der Waals surface area (Å²) in [5, 5.41) is 12.8. The second-order valence-corrected chi connectivity index (χ2v) is 6.15. The number of aromatic nitrogens is 1. The first-order valence-corrected chi connectivity index (χ1v) is 7.53. The van der Waals surface area contributed by atoms with Gasteiger partial charge in [-0.3, -0.25) is 4.79 Å². The second kappa shape index (κ2) is 5.11. The molecule has 2 aromatic heterocycles. The van der Waals surface area contributed by atoms with Crippen molar-refractivity contribution in [3.63, 3.8) is 0 Å². The Morgan fingerprint density at radius 3 is 3.23 bits per heavy atom. The molecule has 2 saturated heterocycles. The summed E-state index contributed by atoms with van der Waals surface area (Å²) < 4.78 is 5.24. The summed E-state index contributed by atoms with van der Waals surface area (Å²) in [4.78, 5) is 19.0. The molecule has 4 heterocycles. The maximum Gasteiger partial charge on any atom is 0.270 e. The first-order valence-electron chi connectivity index (χ1n) is 7.53. The number of carbonyl (C=O) groups excluding carboxylic acids is 1. The molecule has 3 atom stereocenters. The molecule has 2 aromatic rings. The first kappa shape index (κ1) is 13.3. The van der Waals surface area contributed by atoms with Crippen molar-refractivity contribution in [2.45, 2.75) is 18.9 Å². The van der Waals surface area contributed by atoms with Gasteiger partial charge in [0.2, 0.25) is 0 Å². The van der Waals surface area contributed by atoms with Crippen LogP contribution in [0.5, 0.6) is 0 Å². The Kier molecular flexibility index (Phi) is 3.09. The van der Waals surface area contributed by atoms with E-state index >= 15 is 0 Å². The molecule has 1 unspecified atom stereocenters. The molecule has 4 rings (SSSR count). The number of hydrogen-bond donors (Lipinski definition) is 1. The number of pyridine rings is 1. The number of rotatable bonds is 2. The van der Waals surface area contributed by atoms with Gasteiger partial charge in [0.05, 0.1) is 11.8 Å². The number of furan rings is 1. The minimum atomic E-state index is -0.181. The SMILES string of the molecule is N#Cc1coc2cnc(C(=O)N[C@@H]3C[C@@H]4CCN(C4)C3)cc12. The molecule has 0 aliphatic carbocycles. The van der Waals surface area contributed by atoms with E-state index < -0.39 is 0 Å². The van der Waals surface area contributed by atoms with Crippen LogP contribution < -0.4 is 5.32 Å². The smallest absolute Gasteiger partial charge is 0.270 e. The van der Waals surface area contributed by atoms with Crippen LogP contribution in [0.4, 0.5) is 0 Å². The van der Waals surface area contributed by atoms with E-state index in [1.165, 1.54) is 18.9 Å². The number of fused-ring (bicyclic) bond motifs is 3. The third kappa shape index (κ3) is 2.24. The van der Waals surface area contributed by atoms with Crippen LogP contribution in [0.15, 0.2) is 22.9 Å². The molecule has 1 N–H and O–H groups in total. The van der Waals surface area contributed by atoms with Crippen molar-refractivity contribution >= 4 is 16.9 Å². The molecule has 1 amide bonds. The molecule has 0 saturated carbocycles. The average molecular weight is 296 g/mol. The van der Waals surface area contributed by atoms with Gasteiger partial charge in [-0.05, 0) is 31.4 Å². The zero-order valence-electron chi connectivity index (χ0n) is 12.1. The number of nitrogens with one attached hydrogen (secondary N) is 1. The molecule has 112 valence electrons. The van der Waals surface area contributed by atoms with E-state index in [9.17, 15) is 4.79 Å². The van der Waals surface area contributed by atoms with E-state index in [0.717, 1.165) is 26.1 Å². The largest absolute Gasteiger partial charge is 0.461 e. The molecule has 22 heavy (non-hydrogen) atoms. The van der Waals surface area contributed by atoms with Crippen LogP contribution in [-0.2, 0) is 0 Å². The lowest BCUT2D eigenvalue weighted by Gasteiger charge is -2.30. The molecule has 2 fully saturated rings. The molecule has 2 aliphatic heterocycles. The van der Waals surface area contributed by atoms with Crippen LogP contribution in [0, 0.1) is 17.2 Å². The van der Waals surface area contributed by atoms with E-state index in [1.807, 2.05) is 0 Å². The van der Waals surface area contributed by atoms with Gasteiger partial charge in [0.25, 0.3) is 5.91 Å². The molecule has 2 aliphatic rings. The maximum atomic E-state index is 12.4. The highest BCUT2D eigenvalue weighted by Gasteiger charge is 2.33.